The maximum absolute atomic E-state index is 12.5. The van der Waals surface area contributed by atoms with Crippen LogP contribution in [0.25, 0.3) is 10.9 Å². The Morgan fingerprint density at radius 1 is 1.04 bits per heavy atom. The highest BCUT2D eigenvalue weighted by atomic mass is 32.2. The molecule has 0 saturated heterocycles. The van der Waals surface area contributed by atoms with Gasteiger partial charge in [-0.1, -0.05) is 61.2 Å². The number of anilines is 1. The SMILES string of the molecule is CCC(Sc1ccc2ccccc2n1)C(=O)Nc1ccccc1. The van der Waals surface area contributed by atoms with Crippen molar-refractivity contribution in [3.8, 4) is 0 Å². The van der Waals surface area contributed by atoms with E-state index in [2.05, 4.69) is 10.3 Å². The molecule has 0 aliphatic carbocycles. The van der Waals surface area contributed by atoms with E-state index in [4.69, 9.17) is 0 Å². The average Bonchev–Trinajstić information content (AvgIpc) is 2.60. The van der Waals surface area contributed by atoms with Crippen LogP contribution >= 0.6 is 11.8 Å². The Bertz CT molecular complexity index is 805. The molecule has 0 fully saturated rings. The summed E-state index contributed by atoms with van der Waals surface area (Å²) in [6.45, 7) is 2.02. The predicted molar refractivity (Wildman–Crippen MR) is 96.8 cm³/mol. The van der Waals surface area contributed by atoms with Crippen LogP contribution in [0.15, 0.2) is 71.8 Å². The highest BCUT2D eigenvalue weighted by Gasteiger charge is 2.18. The van der Waals surface area contributed by atoms with E-state index in [9.17, 15) is 4.79 Å². The number of carbonyl (C=O) groups is 1. The zero-order chi connectivity index (χ0) is 16.1. The molecule has 1 unspecified atom stereocenters. The Hall–Kier alpha value is -2.33. The van der Waals surface area contributed by atoms with Crippen molar-refractivity contribution >= 4 is 34.3 Å². The van der Waals surface area contributed by atoms with Crippen LogP contribution in [-0.2, 0) is 4.79 Å². The first-order chi connectivity index (χ1) is 11.3. The van der Waals surface area contributed by atoms with Crippen molar-refractivity contribution in [2.24, 2.45) is 0 Å². The fourth-order valence-electron chi connectivity index (χ4n) is 2.33. The van der Waals surface area contributed by atoms with Crippen molar-refractivity contribution in [1.29, 1.82) is 0 Å². The Morgan fingerprint density at radius 3 is 2.57 bits per heavy atom. The summed E-state index contributed by atoms with van der Waals surface area (Å²) in [4.78, 5) is 17.1. The lowest BCUT2D eigenvalue weighted by Crippen LogP contribution is -2.24. The van der Waals surface area contributed by atoms with Gasteiger partial charge >= 0.3 is 0 Å². The first-order valence-corrected chi connectivity index (χ1v) is 8.52. The molecule has 3 aromatic rings. The second-order valence-electron chi connectivity index (χ2n) is 5.21. The lowest BCUT2D eigenvalue weighted by atomic mass is 10.2. The van der Waals surface area contributed by atoms with Crippen molar-refractivity contribution in [3.05, 3.63) is 66.7 Å². The number of fused-ring (bicyclic) bond motifs is 1. The summed E-state index contributed by atoms with van der Waals surface area (Å²) in [6.07, 6.45) is 0.748. The summed E-state index contributed by atoms with van der Waals surface area (Å²) in [7, 11) is 0. The van der Waals surface area contributed by atoms with Crippen LogP contribution in [0.3, 0.4) is 0 Å². The number of carbonyl (C=O) groups excluding carboxylic acids is 1. The maximum Gasteiger partial charge on any atom is 0.237 e. The number of amides is 1. The largest absolute Gasteiger partial charge is 0.325 e. The van der Waals surface area contributed by atoms with Crippen LogP contribution in [0.1, 0.15) is 13.3 Å². The molecule has 23 heavy (non-hydrogen) atoms. The van der Waals surface area contributed by atoms with Gasteiger partial charge in [0.25, 0.3) is 0 Å². The Balaban J connectivity index is 1.73. The summed E-state index contributed by atoms with van der Waals surface area (Å²) in [5, 5.41) is 4.78. The van der Waals surface area contributed by atoms with Crippen LogP contribution in [0.4, 0.5) is 5.69 Å². The summed E-state index contributed by atoms with van der Waals surface area (Å²) >= 11 is 1.51. The molecule has 0 aliphatic heterocycles. The molecule has 3 rings (SSSR count). The van der Waals surface area contributed by atoms with Gasteiger partial charge in [0.1, 0.15) is 0 Å². The first kappa shape index (κ1) is 15.6. The van der Waals surface area contributed by atoms with Crippen molar-refractivity contribution in [3.63, 3.8) is 0 Å². The number of nitrogens with one attached hydrogen (secondary N) is 1. The van der Waals surface area contributed by atoms with E-state index >= 15 is 0 Å². The van der Waals surface area contributed by atoms with Crippen LogP contribution < -0.4 is 5.32 Å². The molecule has 0 spiro atoms. The molecule has 1 atom stereocenters. The Labute approximate surface area is 140 Å². The molecule has 2 aromatic carbocycles. The smallest absolute Gasteiger partial charge is 0.237 e. The quantitative estimate of drug-likeness (QED) is 0.690. The summed E-state index contributed by atoms with van der Waals surface area (Å²) in [6, 6.07) is 21.6. The Kier molecular flexibility index (Phi) is 4.93. The molecule has 1 N–H and O–H groups in total. The van der Waals surface area contributed by atoms with Crippen LogP contribution in [0, 0.1) is 0 Å². The van der Waals surface area contributed by atoms with Crippen molar-refractivity contribution < 1.29 is 4.79 Å². The molecule has 0 radical (unpaired) electrons. The molecule has 1 heterocycles. The Morgan fingerprint density at radius 2 is 1.78 bits per heavy atom. The zero-order valence-electron chi connectivity index (χ0n) is 12.9. The van der Waals surface area contributed by atoms with E-state index in [0.29, 0.717) is 0 Å². The third kappa shape index (κ3) is 3.90. The highest BCUT2D eigenvalue weighted by Crippen LogP contribution is 2.26. The third-order valence-corrected chi connectivity index (χ3v) is 4.84. The van der Waals surface area contributed by atoms with Gasteiger partial charge in [-0.15, -0.1) is 0 Å². The molecule has 0 saturated carbocycles. The summed E-state index contributed by atoms with van der Waals surface area (Å²) in [5.74, 6) is 0.0126. The number of thioether (sulfide) groups is 1. The van der Waals surface area contributed by atoms with Crippen molar-refractivity contribution in [2.45, 2.75) is 23.6 Å². The lowest BCUT2D eigenvalue weighted by Gasteiger charge is -2.14. The fraction of sp³-hybridized carbons (Fsp3) is 0.158. The minimum absolute atomic E-state index is 0.0126. The molecule has 4 heteroatoms. The minimum atomic E-state index is -0.163. The number of rotatable bonds is 5. The number of hydrogen-bond donors (Lipinski definition) is 1. The second kappa shape index (κ2) is 7.29. The standard InChI is InChI=1S/C19H18N2OS/c1-2-17(19(22)20-15-9-4-3-5-10-15)23-18-13-12-14-8-6-7-11-16(14)21-18/h3-13,17H,2H2,1H3,(H,20,22). The fourth-order valence-corrected chi connectivity index (χ4v) is 3.25. The van der Waals surface area contributed by atoms with Gasteiger partial charge in [0.05, 0.1) is 15.8 Å². The monoisotopic (exact) mass is 322 g/mol. The van der Waals surface area contributed by atoms with Gasteiger partial charge in [-0.2, -0.15) is 0 Å². The molecule has 1 amide bonds. The van der Waals surface area contributed by atoms with E-state index in [1.165, 1.54) is 11.8 Å². The van der Waals surface area contributed by atoms with E-state index in [-0.39, 0.29) is 11.2 Å². The third-order valence-electron chi connectivity index (χ3n) is 3.54. The van der Waals surface area contributed by atoms with Gasteiger partial charge in [-0.25, -0.2) is 4.98 Å². The molecular formula is C19H18N2OS. The van der Waals surface area contributed by atoms with Gasteiger partial charge in [0.2, 0.25) is 5.91 Å². The molecular weight excluding hydrogens is 304 g/mol. The van der Waals surface area contributed by atoms with Gasteiger partial charge in [-0.3, -0.25) is 4.79 Å². The molecule has 3 nitrogen and oxygen atoms in total. The van der Waals surface area contributed by atoms with Crippen LogP contribution in [0.5, 0.6) is 0 Å². The van der Waals surface area contributed by atoms with Crippen molar-refractivity contribution in [2.75, 3.05) is 5.32 Å². The predicted octanol–water partition coefficient (Wildman–Crippen LogP) is 4.74. The van der Waals surface area contributed by atoms with E-state index < -0.39 is 0 Å². The summed E-state index contributed by atoms with van der Waals surface area (Å²) in [5.41, 5.74) is 1.78. The minimum Gasteiger partial charge on any atom is -0.325 e. The maximum atomic E-state index is 12.5. The molecule has 0 aliphatic rings. The number of para-hydroxylation sites is 2. The highest BCUT2D eigenvalue weighted by molar-refractivity contribution is 8.00. The topological polar surface area (TPSA) is 42.0 Å². The van der Waals surface area contributed by atoms with Gasteiger partial charge in [0, 0.05) is 11.1 Å². The molecule has 0 bridgehead atoms. The molecule has 116 valence electrons. The first-order valence-electron chi connectivity index (χ1n) is 7.64. The van der Waals surface area contributed by atoms with Gasteiger partial charge < -0.3 is 5.32 Å². The average molecular weight is 322 g/mol. The molecule has 1 aromatic heterocycles. The second-order valence-corrected chi connectivity index (χ2v) is 6.44. The number of benzene rings is 2. The number of aromatic nitrogens is 1. The number of pyridine rings is 1. The van der Waals surface area contributed by atoms with Gasteiger partial charge in [-0.05, 0) is 30.7 Å². The number of hydrogen-bond acceptors (Lipinski definition) is 3. The van der Waals surface area contributed by atoms with Crippen LogP contribution in [-0.4, -0.2) is 16.1 Å². The summed E-state index contributed by atoms with van der Waals surface area (Å²) < 4.78 is 0. The lowest BCUT2D eigenvalue weighted by molar-refractivity contribution is -0.115. The van der Waals surface area contributed by atoms with Crippen molar-refractivity contribution in [1.82, 2.24) is 4.98 Å². The van der Waals surface area contributed by atoms with Gasteiger partial charge in [0.15, 0.2) is 0 Å². The van der Waals surface area contributed by atoms with E-state index in [1.54, 1.807) is 0 Å². The van der Waals surface area contributed by atoms with E-state index in [0.717, 1.165) is 28.0 Å². The number of nitrogens with zero attached hydrogens (tertiary/aromatic N) is 1. The van der Waals surface area contributed by atoms with Crippen LogP contribution in [0.2, 0.25) is 0 Å². The zero-order valence-corrected chi connectivity index (χ0v) is 13.7. The normalized spacial score (nSPS) is 12.0. The van der Waals surface area contributed by atoms with E-state index in [1.807, 2.05) is 73.7 Å².